The number of H-pyrrole nitrogens is 1. The number of hydrogen-bond acceptors (Lipinski definition) is 5. The van der Waals surface area contributed by atoms with Crippen LogP contribution in [0, 0.1) is 11.6 Å². The van der Waals surface area contributed by atoms with Crippen LogP contribution in [0.3, 0.4) is 0 Å². The number of fused-ring (bicyclic) bond motifs is 3. The van der Waals surface area contributed by atoms with Crippen LogP contribution in [0.2, 0.25) is 0 Å². The van der Waals surface area contributed by atoms with Crippen molar-refractivity contribution in [3.8, 4) is 5.75 Å². The molecular weight excluding hydrogens is 528 g/mol. The number of benzene rings is 2. The number of nitrogens with zero attached hydrogens (tertiary/aromatic N) is 2. The molecule has 1 saturated heterocycles. The number of rotatable bonds is 7. The Hall–Kier alpha value is -3.72. The number of aromatic nitrogens is 1. The number of hydrogen-bond donors (Lipinski definition) is 1. The Labute approximate surface area is 239 Å². The zero-order valence-corrected chi connectivity index (χ0v) is 24.1. The summed E-state index contributed by atoms with van der Waals surface area (Å²) in [4.78, 5) is 34.2. The van der Waals surface area contributed by atoms with Crippen LogP contribution in [-0.4, -0.2) is 65.6 Å². The maximum absolute atomic E-state index is 14.7. The highest BCUT2D eigenvalue weighted by molar-refractivity contribution is 6.18. The fourth-order valence-electron chi connectivity index (χ4n) is 5.81. The summed E-state index contributed by atoms with van der Waals surface area (Å²) < 4.78 is 40.6. The van der Waals surface area contributed by atoms with Gasteiger partial charge in [0.15, 0.2) is 11.6 Å². The predicted octanol–water partition coefficient (Wildman–Crippen LogP) is 6.04. The highest BCUT2D eigenvalue weighted by Gasteiger charge is 2.38. The van der Waals surface area contributed by atoms with E-state index in [2.05, 4.69) is 9.88 Å². The molecule has 1 fully saturated rings. The van der Waals surface area contributed by atoms with Crippen LogP contribution in [0.5, 0.6) is 5.75 Å². The molecule has 0 radical (unpaired) electrons. The maximum atomic E-state index is 14.7. The molecule has 7 nitrogen and oxygen atoms in total. The van der Waals surface area contributed by atoms with Crippen molar-refractivity contribution >= 4 is 28.4 Å². The molecule has 0 aliphatic carbocycles. The molecule has 0 unspecified atom stereocenters. The second kappa shape index (κ2) is 11.6. The van der Waals surface area contributed by atoms with Gasteiger partial charge in [0.2, 0.25) is 5.82 Å². The molecule has 2 aliphatic rings. The van der Waals surface area contributed by atoms with Crippen molar-refractivity contribution < 1.29 is 27.8 Å². The Kier molecular flexibility index (Phi) is 8.18. The Morgan fingerprint density at radius 1 is 1.07 bits per heavy atom. The topological polar surface area (TPSA) is 74.9 Å². The van der Waals surface area contributed by atoms with Gasteiger partial charge in [-0.15, -0.1) is 0 Å². The first-order valence-corrected chi connectivity index (χ1v) is 14.2. The zero-order valence-electron chi connectivity index (χ0n) is 24.1. The van der Waals surface area contributed by atoms with Gasteiger partial charge in [-0.1, -0.05) is 38.5 Å². The lowest BCUT2D eigenvalue weighted by molar-refractivity contribution is -0.140. The van der Waals surface area contributed by atoms with E-state index in [1.165, 1.54) is 23.6 Å². The van der Waals surface area contributed by atoms with Gasteiger partial charge in [0.05, 0.1) is 17.4 Å². The Morgan fingerprint density at radius 3 is 2.54 bits per heavy atom. The maximum Gasteiger partial charge on any atom is 0.342 e. The molecule has 1 N–H and O–H groups in total. The second-order valence-electron chi connectivity index (χ2n) is 11.8. The molecule has 3 heterocycles. The molecule has 0 spiro atoms. The Bertz CT molecular complexity index is 1490. The average Bonchev–Trinajstić information content (AvgIpc) is 3.28. The van der Waals surface area contributed by atoms with Gasteiger partial charge in [-0.25, -0.2) is 9.18 Å². The van der Waals surface area contributed by atoms with Crippen molar-refractivity contribution in [2.24, 2.45) is 0 Å². The molecule has 3 aromatic rings. The van der Waals surface area contributed by atoms with Crippen LogP contribution in [0.25, 0.3) is 16.5 Å². The third-order valence-corrected chi connectivity index (χ3v) is 7.68. The zero-order chi connectivity index (χ0) is 29.3. The molecule has 0 saturated carbocycles. The van der Waals surface area contributed by atoms with Crippen molar-refractivity contribution in [2.75, 3.05) is 32.8 Å². The normalized spacial score (nSPS) is 17.2. The number of carbonyl (C=O) groups excluding carboxylic acids is 2. The van der Waals surface area contributed by atoms with Crippen LogP contribution < -0.4 is 4.74 Å². The number of halogens is 2. The number of likely N-dealkylation sites (tertiary alicyclic amines) is 1. The van der Waals surface area contributed by atoms with Gasteiger partial charge in [0.25, 0.3) is 5.91 Å². The van der Waals surface area contributed by atoms with Crippen molar-refractivity contribution in [1.29, 1.82) is 0 Å². The number of aromatic amines is 1. The summed E-state index contributed by atoms with van der Waals surface area (Å²) in [6.07, 6.45) is 4.49. The fourth-order valence-corrected chi connectivity index (χ4v) is 5.81. The molecule has 9 heteroatoms. The van der Waals surface area contributed by atoms with Gasteiger partial charge >= 0.3 is 5.97 Å². The summed E-state index contributed by atoms with van der Waals surface area (Å²) in [6, 6.07) is 9.85. The minimum absolute atomic E-state index is 0.0732. The smallest absolute Gasteiger partial charge is 0.342 e. The highest BCUT2D eigenvalue weighted by Crippen LogP contribution is 2.41. The molecule has 41 heavy (non-hydrogen) atoms. The van der Waals surface area contributed by atoms with Crippen LogP contribution in [0.1, 0.15) is 68.6 Å². The van der Waals surface area contributed by atoms with Gasteiger partial charge in [0.1, 0.15) is 6.61 Å². The van der Waals surface area contributed by atoms with Crippen molar-refractivity contribution in [1.82, 2.24) is 14.8 Å². The Morgan fingerprint density at radius 2 is 1.80 bits per heavy atom. The van der Waals surface area contributed by atoms with E-state index in [-0.39, 0.29) is 36.1 Å². The van der Waals surface area contributed by atoms with Gasteiger partial charge < -0.3 is 19.4 Å². The lowest BCUT2D eigenvalue weighted by Gasteiger charge is -2.30. The second-order valence-corrected chi connectivity index (χ2v) is 11.8. The number of carbonyl (C=O) groups is 2. The molecule has 0 atom stereocenters. The Balaban J connectivity index is 1.49. The molecular formula is C32H37F2N3O4. The van der Waals surface area contributed by atoms with E-state index < -0.39 is 28.9 Å². The van der Waals surface area contributed by atoms with Crippen LogP contribution in [0.15, 0.2) is 42.6 Å². The van der Waals surface area contributed by atoms with Crippen molar-refractivity contribution in [3.63, 3.8) is 0 Å². The lowest BCUT2D eigenvalue weighted by Crippen LogP contribution is -2.37. The van der Waals surface area contributed by atoms with Crippen LogP contribution in [0.4, 0.5) is 8.78 Å². The van der Waals surface area contributed by atoms with Crippen LogP contribution >= 0.6 is 0 Å². The van der Waals surface area contributed by atoms with E-state index in [0.717, 1.165) is 48.5 Å². The molecule has 218 valence electrons. The standard InChI is InChI=1S/C32H37F2N3O4/c1-20(2)41-31(39)23-18-37(19-32(3,4)27-22-10-6-7-11-25(22)35-29(23)27)30(38)21-16-24(33)28(34)26(17-21)40-15-14-36-12-8-5-9-13-36/h6-7,10-11,16-18,20,35H,5,8-9,12-15,19H2,1-4H3. The van der Waals surface area contributed by atoms with E-state index >= 15 is 0 Å². The molecule has 1 aromatic heterocycles. The number of para-hydroxylation sites is 1. The lowest BCUT2D eigenvalue weighted by atomic mass is 9.81. The minimum atomic E-state index is -1.17. The molecule has 2 aromatic carbocycles. The summed E-state index contributed by atoms with van der Waals surface area (Å²) in [7, 11) is 0. The fraction of sp³-hybridized carbons (Fsp3) is 0.438. The van der Waals surface area contributed by atoms with Crippen LogP contribution in [-0.2, 0) is 14.9 Å². The van der Waals surface area contributed by atoms with E-state index in [1.54, 1.807) is 13.8 Å². The largest absolute Gasteiger partial charge is 0.489 e. The summed E-state index contributed by atoms with van der Waals surface area (Å²) in [5.41, 5.74) is 1.81. The number of ether oxygens (including phenoxy) is 2. The summed E-state index contributed by atoms with van der Waals surface area (Å²) in [6.45, 7) is 10.3. The third-order valence-electron chi connectivity index (χ3n) is 7.68. The van der Waals surface area contributed by atoms with Gasteiger partial charge in [-0.3, -0.25) is 9.69 Å². The predicted molar refractivity (Wildman–Crippen MR) is 154 cm³/mol. The summed E-state index contributed by atoms with van der Waals surface area (Å²) in [5.74, 6) is -3.77. The monoisotopic (exact) mass is 565 g/mol. The number of esters is 1. The quantitative estimate of drug-likeness (QED) is 0.354. The minimum Gasteiger partial charge on any atom is -0.489 e. The highest BCUT2D eigenvalue weighted by atomic mass is 19.2. The first-order chi connectivity index (χ1) is 19.5. The number of amides is 1. The van der Waals surface area contributed by atoms with E-state index in [4.69, 9.17) is 9.47 Å². The summed E-state index contributed by atoms with van der Waals surface area (Å²) in [5, 5.41) is 0.933. The average molecular weight is 566 g/mol. The van der Waals surface area contributed by atoms with Gasteiger partial charge in [-0.05, 0) is 63.5 Å². The van der Waals surface area contributed by atoms with Crippen molar-refractivity contribution in [2.45, 2.75) is 58.5 Å². The molecule has 2 aliphatic heterocycles. The number of nitrogens with one attached hydrogen (secondary N) is 1. The van der Waals surface area contributed by atoms with E-state index in [0.29, 0.717) is 12.2 Å². The molecule has 1 amide bonds. The molecule has 5 rings (SSSR count). The third kappa shape index (κ3) is 6.00. The first-order valence-electron chi connectivity index (χ1n) is 14.2. The first kappa shape index (κ1) is 28.8. The molecule has 0 bridgehead atoms. The SMILES string of the molecule is CC(C)OC(=O)C1=CN(C(=O)c2cc(F)c(F)c(OCCN3CCCCC3)c2)CC(C)(C)c2c1[nH]c1ccccc21. The summed E-state index contributed by atoms with van der Waals surface area (Å²) >= 11 is 0. The van der Waals surface area contributed by atoms with Gasteiger partial charge in [-0.2, -0.15) is 4.39 Å². The van der Waals surface area contributed by atoms with E-state index in [9.17, 15) is 18.4 Å². The van der Waals surface area contributed by atoms with Crippen molar-refractivity contribution in [3.05, 3.63) is 71.1 Å². The van der Waals surface area contributed by atoms with Gasteiger partial charge in [0, 0.05) is 41.2 Å². The van der Waals surface area contributed by atoms with E-state index in [1.807, 2.05) is 38.1 Å². The number of piperidine rings is 1.